The van der Waals surface area contributed by atoms with Gasteiger partial charge in [0.25, 0.3) is 0 Å². The maximum absolute atomic E-state index is 6.49. The highest BCUT2D eigenvalue weighted by atomic mass is 35.5. The van der Waals surface area contributed by atoms with Gasteiger partial charge in [0.1, 0.15) is 6.61 Å². The summed E-state index contributed by atoms with van der Waals surface area (Å²) in [6.45, 7) is 5.40. The molecule has 0 radical (unpaired) electrons. The van der Waals surface area contributed by atoms with Crippen LogP contribution >= 0.6 is 23.2 Å². The minimum atomic E-state index is 0.416. The van der Waals surface area contributed by atoms with Crippen molar-refractivity contribution in [1.29, 1.82) is 0 Å². The highest BCUT2D eigenvalue weighted by molar-refractivity contribution is 6.31. The highest BCUT2D eigenvalue weighted by Crippen LogP contribution is 2.34. The van der Waals surface area contributed by atoms with Gasteiger partial charge >= 0.3 is 0 Å². The van der Waals surface area contributed by atoms with Crippen LogP contribution in [-0.4, -0.2) is 22.7 Å². The van der Waals surface area contributed by atoms with Gasteiger partial charge in [-0.1, -0.05) is 35.3 Å². The van der Waals surface area contributed by atoms with E-state index in [0.29, 0.717) is 41.3 Å². The van der Waals surface area contributed by atoms with Crippen LogP contribution in [0.3, 0.4) is 0 Å². The van der Waals surface area contributed by atoms with Crippen LogP contribution in [0.4, 0.5) is 0 Å². The molecule has 0 spiro atoms. The molecule has 0 atom stereocenters. The molecule has 7 heteroatoms. The number of nitrogens with one attached hydrogen (secondary N) is 1. The average Bonchev–Trinajstić information content (AvgIpc) is 3.23. The third-order valence-corrected chi connectivity index (χ3v) is 4.97. The summed E-state index contributed by atoms with van der Waals surface area (Å²) >= 11 is 12.4. The topological polar surface area (TPSA) is 48.3 Å². The van der Waals surface area contributed by atoms with Crippen molar-refractivity contribution in [2.45, 2.75) is 33.0 Å². The van der Waals surface area contributed by atoms with Crippen LogP contribution in [0.25, 0.3) is 0 Å². The SMILES string of the molecule is CCOc1cc(CNCCCn2ccnc2)c(Cl)cc1OCc1ccc(Cl)cc1. The van der Waals surface area contributed by atoms with Gasteiger partial charge in [-0.2, -0.15) is 0 Å². The van der Waals surface area contributed by atoms with Gasteiger partial charge in [-0.3, -0.25) is 0 Å². The Morgan fingerprint density at radius 1 is 1.07 bits per heavy atom. The standard InChI is InChI=1S/C22H25Cl2N3O2/c1-2-28-21-12-18(14-25-8-3-10-27-11-9-26-16-27)20(24)13-22(21)29-15-17-4-6-19(23)7-5-17/h4-7,9,11-13,16,25H,2-3,8,10,14-15H2,1H3. The first-order chi connectivity index (χ1) is 14.2. The Hall–Kier alpha value is -2.21. The van der Waals surface area contributed by atoms with Gasteiger partial charge in [0.2, 0.25) is 0 Å². The van der Waals surface area contributed by atoms with Crippen LogP contribution < -0.4 is 14.8 Å². The first-order valence-electron chi connectivity index (χ1n) is 9.64. The van der Waals surface area contributed by atoms with Crippen molar-refractivity contribution in [2.75, 3.05) is 13.2 Å². The average molecular weight is 434 g/mol. The monoisotopic (exact) mass is 433 g/mol. The van der Waals surface area contributed by atoms with Crippen molar-refractivity contribution in [3.05, 3.63) is 76.3 Å². The summed E-state index contributed by atoms with van der Waals surface area (Å²) in [5, 5.41) is 4.79. The van der Waals surface area contributed by atoms with E-state index in [1.54, 1.807) is 6.20 Å². The normalized spacial score (nSPS) is 10.9. The minimum Gasteiger partial charge on any atom is -0.490 e. The third-order valence-electron chi connectivity index (χ3n) is 4.36. The predicted octanol–water partition coefficient (Wildman–Crippen LogP) is 5.35. The summed E-state index contributed by atoms with van der Waals surface area (Å²) in [4.78, 5) is 4.05. The van der Waals surface area contributed by atoms with E-state index in [1.807, 2.05) is 55.8 Å². The Labute approximate surface area is 181 Å². The van der Waals surface area contributed by atoms with Gasteiger partial charge in [0.15, 0.2) is 11.5 Å². The molecule has 29 heavy (non-hydrogen) atoms. The third kappa shape index (κ3) is 6.67. The zero-order chi connectivity index (χ0) is 20.5. The van der Waals surface area contributed by atoms with Crippen molar-refractivity contribution in [2.24, 2.45) is 0 Å². The summed E-state index contributed by atoms with van der Waals surface area (Å²) < 4.78 is 13.8. The Morgan fingerprint density at radius 2 is 1.86 bits per heavy atom. The fourth-order valence-electron chi connectivity index (χ4n) is 2.86. The van der Waals surface area contributed by atoms with Crippen molar-refractivity contribution in [1.82, 2.24) is 14.9 Å². The molecule has 0 unspecified atom stereocenters. The van der Waals surface area contributed by atoms with Crippen LogP contribution in [0.15, 0.2) is 55.1 Å². The van der Waals surface area contributed by atoms with E-state index in [0.717, 1.165) is 30.6 Å². The summed E-state index contributed by atoms with van der Waals surface area (Å²) in [6.07, 6.45) is 6.59. The highest BCUT2D eigenvalue weighted by Gasteiger charge is 2.11. The molecule has 154 valence electrons. The maximum atomic E-state index is 6.49. The van der Waals surface area contributed by atoms with Crippen LogP contribution in [0.5, 0.6) is 11.5 Å². The Balaban J connectivity index is 1.56. The number of aromatic nitrogens is 2. The number of ether oxygens (including phenoxy) is 2. The maximum Gasteiger partial charge on any atom is 0.163 e. The number of hydrogen-bond donors (Lipinski definition) is 1. The zero-order valence-electron chi connectivity index (χ0n) is 16.4. The molecule has 0 aliphatic carbocycles. The molecular formula is C22H25Cl2N3O2. The number of nitrogens with zero attached hydrogens (tertiary/aromatic N) is 2. The lowest BCUT2D eigenvalue weighted by molar-refractivity contribution is 0.269. The fraction of sp³-hybridized carbons (Fsp3) is 0.318. The quantitative estimate of drug-likeness (QED) is 0.414. The van der Waals surface area contributed by atoms with Crippen molar-refractivity contribution in [3.8, 4) is 11.5 Å². The van der Waals surface area contributed by atoms with Gasteiger partial charge in [-0.15, -0.1) is 0 Å². The van der Waals surface area contributed by atoms with E-state index in [-0.39, 0.29) is 0 Å². The van der Waals surface area contributed by atoms with E-state index < -0.39 is 0 Å². The van der Waals surface area contributed by atoms with E-state index in [4.69, 9.17) is 32.7 Å². The molecule has 0 aliphatic rings. The summed E-state index contributed by atoms with van der Waals surface area (Å²) in [5.74, 6) is 1.33. The largest absolute Gasteiger partial charge is 0.490 e. The molecule has 1 heterocycles. The van der Waals surface area contributed by atoms with Crippen molar-refractivity contribution < 1.29 is 9.47 Å². The second kappa shape index (κ2) is 11.1. The molecule has 0 saturated carbocycles. The van der Waals surface area contributed by atoms with Crippen molar-refractivity contribution >= 4 is 23.2 Å². The lowest BCUT2D eigenvalue weighted by atomic mass is 10.2. The second-order valence-corrected chi connectivity index (χ2v) is 7.41. The molecule has 3 rings (SSSR count). The molecule has 1 aromatic heterocycles. The first kappa shape index (κ1) is 21.5. The molecule has 0 amide bonds. The Kier molecular flexibility index (Phi) is 8.23. The Morgan fingerprint density at radius 3 is 2.59 bits per heavy atom. The number of imidazole rings is 1. The van der Waals surface area contributed by atoms with Gasteiger partial charge in [-0.05, 0) is 49.2 Å². The van der Waals surface area contributed by atoms with Gasteiger partial charge in [0, 0.05) is 41.6 Å². The Bertz CT molecular complexity index is 884. The fourth-order valence-corrected chi connectivity index (χ4v) is 3.21. The van der Waals surface area contributed by atoms with E-state index in [2.05, 4.69) is 14.9 Å². The smallest absolute Gasteiger partial charge is 0.163 e. The molecule has 0 fully saturated rings. The number of halogens is 2. The summed E-state index contributed by atoms with van der Waals surface area (Å²) in [5.41, 5.74) is 2.01. The van der Waals surface area contributed by atoms with E-state index in [9.17, 15) is 0 Å². The predicted molar refractivity (Wildman–Crippen MR) is 117 cm³/mol. The van der Waals surface area contributed by atoms with Crippen LogP contribution in [0.1, 0.15) is 24.5 Å². The molecule has 1 N–H and O–H groups in total. The number of aryl methyl sites for hydroxylation is 1. The van der Waals surface area contributed by atoms with Crippen LogP contribution in [0.2, 0.25) is 10.0 Å². The number of hydrogen-bond acceptors (Lipinski definition) is 4. The van der Waals surface area contributed by atoms with Crippen LogP contribution in [0, 0.1) is 0 Å². The van der Waals surface area contributed by atoms with E-state index in [1.165, 1.54) is 0 Å². The molecule has 3 aromatic rings. The zero-order valence-corrected chi connectivity index (χ0v) is 17.9. The second-order valence-electron chi connectivity index (χ2n) is 6.57. The molecule has 0 aliphatic heterocycles. The molecular weight excluding hydrogens is 409 g/mol. The van der Waals surface area contributed by atoms with Crippen molar-refractivity contribution in [3.63, 3.8) is 0 Å². The summed E-state index contributed by atoms with van der Waals surface area (Å²) in [7, 11) is 0. The van der Waals surface area contributed by atoms with Gasteiger partial charge < -0.3 is 19.4 Å². The van der Waals surface area contributed by atoms with E-state index >= 15 is 0 Å². The molecule has 0 bridgehead atoms. The summed E-state index contributed by atoms with van der Waals surface area (Å²) in [6, 6.07) is 11.3. The molecule has 2 aromatic carbocycles. The number of rotatable bonds is 11. The lowest BCUT2D eigenvalue weighted by Crippen LogP contribution is -2.16. The molecule has 5 nitrogen and oxygen atoms in total. The van der Waals surface area contributed by atoms with Gasteiger partial charge in [0.05, 0.1) is 12.9 Å². The lowest BCUT2D eigenvalue weighted by Gasteiger charge is -2.15. The first-order valence-corrected chi connectivity index (χ1v) is 10.4. The number of benzene rings is 2. The van der Waals surface area contributed by atoms with Gasteiger partial charge in [-0.25, -0.2) is 4.98 Å². The van der Waals surface area contributed by atoms with Crippen LogP contribution in [-0.2, 0) is 19.7 Å². The minimum absolute atomic E-state index is 0.416. The molecule has 0 saturated heterocycles.